The summed E-state index contributed by atoms with van der Waals surface area (Å²) in [6.45, 7) is 6.79. The van der Waals surface area contributed by atoms with E-state index >= 15 is 0 Å². The van der Waals surface area contributed by atoms with E-state index in [0.717, 1.165) is 17.0 Å². The topological polar surface area (TPSA) is 59.0 Å². The Labute approximate surface area is 189 Å². The second-order valence-electron chi connectivity index (χ2n) is 9.19. The summed E-state index contributed by atoms with van der Waals surface area (Å²) < 4.78 is 12.0. The van der Waals surface area contributed by atoms with Crippen molar-refractivity contribution in [3.63, 3.8) is 0 Å². The van der Waals surface area contributed by atoms with E-state index in [1.54, 1.807) is 19.1 Å². The molecular formula is C24H30ClNO4Si. The lowest BCUT2D eigenvalue weighted by molar-refractivity contribution is -0.145. The van der Waals surface area contributed by atoms with Gasteiger partial charge in [-0.3, -0.25) is 4.79 Å². The third-order valence-electron chi connectivity index (χ3n) is 7.34. The van der Waals surface area contributed by atoms with Crippen LogP contribution in [0.4, 0.5) is 5.69 Å². The first-order valence-corrected chi connectivity index (χ1v) is 14.2. The van der Waals surface area contributed by atoms with Crippen molar-refractivity contribution < 1.29 is 19.4 Å². The number of anilines is 1. The summed E-state index contributed by atoms with van der Waals surface area (Å²) in [5.74, 6) is 0.702. The number of likely N-dealkylation sites (N-methyl/N-ethyl adjacent to an activating group) is 1. The summed E-state index contributed by atoms with van der Waals surface area (Å²) >= 11 is 6.35. The van der Waals surface area contributed by atoms with Gasteiger partial charge in [0.2, 0.25) is 0 Å². The van der Waals surface area contributed by atoms with Crippen LogP contribution >= 0.6 is 11.6 Å². The number of hydrogen-bond donors (Lipinski definition) is 1. The molecule has 2 aromatic rings. The summed E-state index contributed by atoms with van der Waals surface area (Å²) in [7, 11) is 1.33. The number of halogens is 1. The minimum Gasteiger partial charge on any atom is -0.497 e. The van der Waals surface area contributed by atoms with Gasteiger partial charge in [-0.25, -0.2) is 0 Å². The molecule has 5 nitrogen and oxygen atoms in total. The summed E-state index contributed by atoms with van der Waals surface area (Å²) in [5, 5.41) is 11.7. The number of benzene rings is 2. The normalized spacial score (nSPS) is 27.8. The number of carbonyl (C=O) groups is 1. The first-order chi connectivity index (χ1) is 14.7. The largest absolute Gasteiger partial charge is 0.497 e. The van der Waals surface area contributed by atoms with Crippen LogP contribution in [0.2, 0.25) is 23.7 Å². The molecule has 0 unspecified atom stereocenters. The number of aliphatic hydroxyl groups excluding tert-OH is 1. The van der Waals surface area contributed by atoms with Gasteiger partial charge in [0, 0.05) is 30.2 Å². The molecule has 166 valence electrons. The zero-order valence-corrected chi connectivity index (χ0v) is 20.4. The van der Waals surface area contributed by atoms with Crippen molar-refractivity contribution in [2.24, 2.45) is 5.92 Å². The van der Waals surface area contributed by atoms with Crippen molar-refractivity contribution >= 4 is 36.5 Å². The molecule has 1 N–H and O–H groups in total. The number of aliphatic hydroxyl groups is 1. The van der Waals surface area contributed by atoms with Crippen LogP contribution in [0.25, 0.3) is 0 Å². The molecule has 0 aliphatic carbocycles. The molecule has 2 heterocycles. The van der Waals surface area contributed by atoms with E-state index in [2.05, 4.69) is 32.2 Å². The molecule has 1 saturated heterocycles. The van der Waals surface area contributed by atoms with Crippen molar-refractivity contribution in [1.82, 2.24) is 0 Å². The molecule has 7 heteroatoms. The van der Waals surface area contributed by atoms with Gasteiger partial charge in [-0.2, -0.15) is 0 Å². The molecule has 4 atom stereocenters. The number of rotatable bonds is 5. The monoisotopic (exact) mass is 459 g/mol. The van der Waals surface area contributed by atoms with E-state index in [1.807, 2.05) is 30.3 Å². The molecule has 1 amide bonds. The zero-order chi connectivity index (χ0) is 22.6. The molecule has 0 radical (unpaired) electrons. The fraction of sp³-hybridized carbons (Fsp3) is 0.458. The van der Waals surface area contributed by atoms with Crippen LogP contribution in [-0.4, -0.2) is 46.0 Å². The van der Waals surface area contributed by atoms with E-state index < -0.39 is 13.7 Å². The van der Waals surface area contributed by atoms with Gasteiger partial charge in [0.1, 0.15) is 5.75 Å². The van der Waals surface area contributed by atoms with Crippen LogP contribution < -0.4 is 14.8 Å². The number of nitrogens with zero attached hydrogens (tertiary/aromatic N) is 1. The lowest BCUT2D eigenvalue weighted by Gasteiger charge is -2.37. The average molecular weight is 460 g/mol. The Kier molecular flexibility index (Phi) is 5.71. The predicted molar refractivity (Wildman–Crippen MR) is 126 cm³/mol. The Morgan fingerprint density at radius 3 is 2.52 bits per heavy atom. The first kappa shape index (κ1) is 22.3. The Morgan fingerprint density at radius 2 is 1.90 bits per heavy atom. The highest BCUT2D eigenvalue weighted by atomic mass is 35.5. The van der Waals surface area contributed by atoms with Crippen molar-refractivity contribution in [1.29, 1.82) is 0 Å². The molecular weight excluding hydrogens is 430 g/mol. The van der Waals surface area contributed by atoms with Crippen molar-refractivity contribution in [2.75, 3.05) is 25.7 Å². The lowest BCUT2D eigenvalue weighted by atomic mass is 9.82. The predicted octanol–water partition coefficient (Wildman–Crippen LogP) is 3.92. The minimum atomic E-state index is -2.12. The quantitative estimate of drug-likeness (QED) is 0.688. The van der Waals surface area contributed by atoms with E-state index in [0.29, 0.717) is 11.4 Å². The molecule has 1 spiro atoms. The smallest absolute Gasteiger partial charge is 0.264 e. The number of methoxy groups -OCH3 is 1. The molecule has 31 heavy (non-hydrogen) atoms. The van der Waals surface area contributed by atoms with Crippen LogP contribution in [0.15, 0.2) is 42.5 Å². The molecule has 4 rings (SSSR count). The van der Waals surface area contributed by atoms with Gasteiger partial charge in [-0.1, -0.05) is 48.9 Å². The Morgan fingerprint density at radius 1 is 1.23 bits per heavy atom. The maximum Gasteiger partial charge on any atom is 0.264 e. The van der Waals surface area contributed by atoms with Gasteiger partial charge in [0.25, 0.3) is 5.91 Å². The molecule has 2 aromatic carbocycles. The molecule has 0 aromatic heterocycles. The van der Waals surface area contributed by atoms with Gasteiger partial charge in [-0.05, 0) is 42.3 Å². The molecule has 1 fully saturated rings. The van der Waals surface area contributed by atoms with Crippen molar-refractivity contribution in [3.05, 3.63) is 53.1 Å². The van der Waals surface area contributed by atoms with Crippen molar-refractivity contribution in [3.8, 4) is 5.75 Å². The average Bonchev–Trinajstić information content (AvgIpc) is 3.16. The third-order valence-corrected chi connectivity index (χ3v) is 11.9. The van der Waals surface area contributed by atoms with E-state index in [1.165, 1.54) is 5.19 Å². The summed E-state index contributed by atoms with van der Waals surface area (Å²) in [6, 6.07) is 13.8. The zero-order valence-electron chi connectivity index (χ0n) is 18.7. The number of ether oxygens (including phenoxy) is 2. The number of amides is 1. The molecule has 0 bridgehead atoms. The summed E-state index contributed by atoms with van der Waals surface area (Å²) in [4.78, 5) is 15.3. The highest BCUT2D eigenvalue weighted by molar-refractivity contribution is 6.91. The number of fused-ring (bicyclic) bond motifs is 2. The van der Waals surface area contributed by atoms with E-state index in [4.69, 9.17) is 21.1 Å². The Hall–Kier alpha value is -1.86. The molecule has 2 aliphatic heterocycles. The van der Waals surface area contributed by atoms with Crippen LogP contribution in [0.5, 0.6) is 5.75 Å². The van der Waals surface area contributed by atoms with Gasteiger partial charge in [0.05, 0.1) is 27.0 Å². The SMILES string of the molecule is COc1ccc([Si](C)(C)[C@H]2[C@H](CCO)O[C@@]3(C(=O)N(C)c4ccc(Cl)cc43)[C@@H]2C)cc1. The van der Waals surface area contributed by atoms with Gasteiger partial charge < -0.3 is 19.5 Å². The van der Waals surface area contributed by atoms with E-state index in [-0.39, 0.29) is 30.1 Å². The van der Waals surface area contributed by atoms with Gasteiger partial charge in [-0.15, -0.1) is 0 Å². The van der Waals surface area contributed by atoms with Crippen molar-refractivity contribution in [2.45, 2.75) is 43.7 Å². The van der Waals surface area contributed by atoms with Crippen LogP contribution in [0, 0.1) is 5.92 Å². The maximum absolute atomic E-state index is 13.6. The van der Waals surface area contributed by atoms with E-state index in [9.17, 15) is 9.90 Å². The second-order valence-corrected chi connectivity index (χ2v) is 14.3. The maximum atomic E-state index is 13.6. The third kappa shape index (κ3) is 3.23. The number of carbonyl (C=O) groups excluding carboxylic acids is 1. The Bertz CT molecular complexity index is 996. The highest BCUT2D eigenvalue weighted by Crippen LogP contribution is 2.59. The first-order valence-electron chi connectivity index (χ1n) is 10.7. The number of hydrogen-bond acceptors (Lipinski definition) is 4. The lowest BCUT2D eigenvalue weighted by Crippen LogP contribution is -2.51. The second kappa shape index (κ2) is 7.92. The fourth-order valence-electron chi connectivity index (χ4n) is 5.79. The highest BCUT2D eigenvalue weighted by Gasteiger charge is 2.65. The molecule has 0 saturated carbocycles. The van der Waals surface area contributed by atoms with Crippen LogP contribution in [0.3, 0.4) is 0 Å². The Balaban J connectivity index is 1.83. The standard InChI is InChI=1S/C24H30ClNO4Si/c1-15-22(31(4,5)18-9-7-17(29-3)8-10-18)21(12-13-27)30-24(15)19-14-16(25)6-11-20(19)26(2)23(24)28/h6-11,14-15,21-22,27H,12-13H2,1-5H3/t15-,21+,22-,24+/m1/s1. The summed E-state index contributed by atoms with van der Waals surface area (Å²) in [5.41, 5.74) is 0.741. The molecule has 2 aliphatic rings. The van der Waals surface area contributed by atoms with Gasteiger partial charge in [0.15, 0.2) is 5.60 Å². The van der Waals surface area contributed by atoms with Gasteiger partial charge >= 0.3 is 0 Å². The van der Waals surface area contributed by atoms with Crippen LogP contribution in [0.1, 0.15) is 18.9 Å². The minimum absolute atomic E-state index is 0.0174. The summed E-state index contributed by atoms with van der Waals surface area (Å²) in [6.07, 6.45) is 0.280. The fourth-order valence-corrected chi connectivity index (χ4v) is 10.0. The van der Waals surface area contributed by atoms with Crippen LogP contribution in [-0.2, 0) is 15.1 Å².